The van der Waals surface area contributed by atoms with Gasteiger partial charge in [-0.2, -0.15) is 0 Å². The van der Waals surface area contributed by atoms with Crippen molar-refractivity contribution in [3.05, 3.63) is 65.2 Å². The summed E-state index contributed by atoms with van der Waals surface area (Å²) >= 11 is 0. The molecule has 0 aliphatic carbocycles. The van der Waals surface area contributed by atoms with E-state index in [2.05, 4.69) is 45.1 Å². The van der Waals surface area contributed by atoms with Crippen LogP contribution in [0.2, 0.25) is 0 Å². The topological polar surface area (TPSA) is 69.9 Å². The van der Waals surface area contributed by atoms with Crippen LogP contribution in [0.25, 0.3) is 6.08 Å². The summed E-state index contributed by atoms with van der Waals surface area (Å²) in [4.78, 5) is 14.6. The van der Waals surface area contributed by atoms with Gasteiger partial charge in [0, 0.05) is 18.7 Å². The van der Waals surface area contributed by atoms with Crippen LogP contribution in [-0.2, 0) is 10.6 Å². The van der Waals surface area contributed by atoms with Gasteiger partial charge in [0.2, 0.25) is 0 Å². The van der Waals surface area contributed by atoms with Crippen LogP contribution < -0.4 is 9.64 Å². The van der Waals surface area contributed by atoms with E-state index in [1.165, 1.54) is 0 Å². The molecule has 1 fully saturated rings. The number of amidine groups is 1. The number of hydrogen-bond acceptors (Lipinski definition) is 7. The molecule has 0 radical (unpaired) electrons. The first-order valence-corrected chi connectivity index (χ1v) is 11.0. The summed E-state index contributed by atoms with van der Waals surface area (Å²) in [7, 11) is 1.69. The maximum atomic E-state index is 10.3. The number of nitrogens with zero attached hydrogens (tertiary/aromatic N) is 4. The largest absolute Gasteiger partial charge is 0.495 e. The van der Waals surface area contributed by atoms with Gasteiger partial charge in [-0.05, 0) is 49.1 Å². The molecule has 166 valence electrons. The van der Waals surface area contributed by atoms with Gasteiger partial charge in [-0.25, -0.2) is 0 Å². The van der Waals surface area contributed by atoms with Gasteiger partial charge in [0.15, 0.2) is 5.84 Å². The molecule has 0 bridgehead atoms. The number of fused-ring (bicyclic) bond motifs is 1. The Balaban J connectivity index is 1.45. The predicted molar refractivity (Wildman–Crippen MR) is 126 cm³/mol. The number of aliphatic hydroxyl groups is 1. The smallest absolute Gasteiger partial charge is 0.260 e. The number of aliphatic imine (C=N–C) groups is 1. The Hall–Kier alpha value is -3.32. The first-order chi connectivity index (χ1) is 15.6. The van der Waals surface area contributed by atoms with Gasteiger partial charge in [0.25, 0.3) is 5.72 Å². The zero-order valence-electron chi connectivity index (χ0n) is 18.4. The number of hydrogen-bond donors (Lipinski definition) is 1. The van der Waals surface area contributed by atoms with Crippen LogP contribution in [0.1, 0.15) is 30.9 Å². The molecule has 3 heterocycles. The zero-order valence-corrected chi connectivity index (χ0v) is 18.4. The number of anilines is 1. The fourth-order valence-corrected chi connectivity index (χ4v) is 4.65. The monoisotopic (exact) mass is 432 g/mol. The van der Waals surface area contributed by atoms with E-state index < -0.39 is 5.72 Å². The Labute approximate surface area is 188 Å². The predicted octanol–water partition coefficient (Wildman–Crippen LogP) is 3.60. The second-order valence-electron chi connectivity index (χ2n) is 8.44. The van der Waals surface area contributed by atoms with Gasteiger partial charge in [-0.3, -0.25) is 4.99 Å². The Morgan fingerprint density at radius 2 is 2.09 bits per heavy atom. The van der Waals surface area contributed by atoms with Gasteiger partial charge in [0.1, 0.15) is 12.4 Å². The normalized spacial score (nSPS) is 25.7. The molecule has 5 rings (SSSR count). The van der Waals surface area contributed by atoms with Crippen molar-refractivity contribution in [2.45, 2.75) is 31.5 Å². The molecule has 7 nitrogen and oxygen atoms in total. The van der Waals surface area contributed by atoms with Crippen LogP contribution in [0.15, 0.2) is 64.3 Å². The van der Waals surface area contributed by atoms with E-state index in [9.17, 15) is 5.11 Å². The molecule has 3 aliphatic rings. The van der Waals surface area contributed by atoms with E-state index in [4.69, 9.17) is 9.57 Å². The molecule has 7 heteroatoms. The van der Waals surface area contributed by atoms with E-state index in [1.54, 1.807) is 7.11 Å². The summed E-state index contributed by atoms with van der Waals surface area (Å²) in [6.45, 7) is 3.56. The molecular formula is C25H28N4O3. The van der Waals surface area contributed by atoms with E-state index in [0.717, 1.165) is 59.9 Å². The summed E-state index contributed by atoms with van der Waals surface area (Å²) in [5.74, 6) is 1.60. The number of ether oxygens (including phenoxy) is 1. The standard InChI is InChI=1S/C25H28N4O3/c1-18-15-28(17-26-18)22-11-10-19(14-23(22)31-2)13-20-7-6-12-29-24(20)27-32-25(29,16-30)21-8-4-3-5-9-21/h3-5,8-11,13-14,17-18,30H,6-7,12,15-16H2,1-2H3. The van der Waals surface area contributed by atoms with E-state index in [1.807, 2.05) is 42.7 Å². The van der Waals surface area contributed by atoms with E-state index >= 15 is 0 Å². The van der Waals surface area contributed by atoms with Crippen molar-refractivity contribution in [2.24, 2.45) is 10.1 Å². The Kier molecular flexibility index (Phi) is 5.35. The number of piperidine rings is 1. The molecule has 2 aromatic rings. The maximum Gasteiger partial charge on any atom is 0.260 e. The van der Waals surface area contributed by atoms with Crippen LogP contribution in [0.3, 0.4) is 0 Å². The van der Waals surface area contributed by atoms with Crippen molar-refractivity contribution in [2.75, 3.05) is 31.7 Å². The van der Waals surface area contributed by atoms with Crippen LogP contribution in [0.5, 0.6) is 5.75 Å². The van der Waals surface area contributed by atoms with Gasteiger partial charge < -0.3 is 24.5 Å². The number of benzene rings is 2. The summed E-state index contributed by atoms with van der Waals surface area (Å²) in [5, 5.41) is 14.7. The highest BCUT2D eigenvalue weighted by atomic mass is 16.7. The third-order valence-electron chi connectivity index (χ3n) is 6.30. The van der Waals surface area contributed by atoms with Crippen molar-refractivity contribution in [1.82, 2.24) is 4.90 Å². The number of rotatable bonds is 5. The Bertz CT molecular complexity index is 1080. The van der Waals surface area contributed by atoms with Crippen molar-refractivity contribution in [3.8, 4) is 5.75 Å². The first kappa shape index (κ1) is 20.6. The lowest BCUT2D eigenvalue weighted by Gasteiger charge is -2.38. The van der Waals surface area contributed by atoms with Gasteiger partial charge >= 0.3 is 0 Å². The van der Waals surface area contributed by atoms with E-state index in [0.29, 0.717) is 0 Å². The number of aliphatic hydroxyl groups excluding tert-OH is 1. The molecular weight excluding hydrogens is 404 g/mol. The average molecular weight is 433 g/mol. The second kappa shape index (κ2) is 8.31. The fourth-order valence-electron chi connectivity index (χ4n) is 4.65. The minimum Gasteiger partial charge on any atom is -0.495 e. The van der Waals surface area contributed by atoms with Crippen molar-refractivity contribution in [1.29, 1.82) is 0 Å². The third kappa shape index (κ3) is 3.42. The molecule has 2 atom stereocenters. The van der Waals surface area contributed by atoms with Crippen LogP contribution in [-0.4, -0.2) is 55.0 Å². The molecule has 2 unspecified atom stereocenters. The molecule has 0 saturated carbocycles. The fraction of sp³-hybridized carbons (Fsp3) is 0.360. The Morgan fingerprint density at radius 3 is 2.81 bits per heavy atom. The summed E-state index contributed by atoms with van der Waals surface area (Å²) in [6.07, 6.45) is 5.87. The molecule has 0 amide bonds. The first-order valence-electron chi connectivity index (χ1n) is 11.0. The molecule has 1 N–H and O–H groups in total. The SMILES string of the molecule is COc1cc(C=C2CCCN3C2=NOC3(CO)c2ccccc2)ccc1N1C=NC(C)C1. The summed E-state index contributed by atoms with van der Waals surface area (Å²) < 4.78 is 5.69. The van der Waals surface area contributed by atoms with Gasteiger partial charge in [0.05, 0.1) is 25.2 Å². The van der Waals surface area contributed by atoms with Crippen LogP contribution >= 0.6 is 0 Å². The lowest BCUT2D eigenvalue weighted by atomic mass is 9.95. The summed E-state index contributed by atoms with van der Waals surface area (Å²) in [6, 6.07) is 16.3. The van der Waals surface area contributed by atoms with Gasteiger partial charge in [-0.1, -0.05) is 41.6 Å². The second-order valence-corrected chi connectivity index (χ2v) is 8.44. The molecule has 1 saturated heterocycles. The molecule has 2 aromatic carbocycles. The molecule has 32 heavy (non-hydrogen) atoms. The molecule has 0 spiro atoms. The highest BCUT2D eigenvalue weighted by Crippen LogP contribution is 2.40. The lowest BCUT2D eigenvalue weighted by molar-refractivity contribution is -0.137. The minimum atomic E-state index is -0.969. The molecule has 3 aliphatic heterocycles. The van der Waals surface area contributed by atoms with Crippen molar-refractivity contribution in [3.63, 3.8) is 0 Å². The Morgan fingerprint density at radius 1 is 1.25 bits per heavy atom. The highest BCUT2D eigenvalue weighted by molar-refractivity contribution is 6.03. The summed E-state index contributed by atoms with van der Waals surface area (Å²) in [5.41, 5.74) is 3.07. The third-order valence-corrected chi connectivity index (χ3v) is 6.30. The number of methoxy groups -OCH3 is 1. The van der Waals surface area contributed by atoms with Crippen LogP contribution in [0.4, 0.5) is 5.69 Å². The maximum absolute atomic E-state index is 10.3. The average Bonchev–Trinajstić information content (AvgIpc) is 3.44. The zero-order chi connectivity index (χ0) is 22.1. The van der Waals surface area contributed by atoms with Crippen molar-refractivity contribution < 1.29 is 14.7 Å². The van der Waals surface area contributed by atoms with Crippen LogP contribution in [0, 0.1) is 0 Å². The van der Waals surface area contributed by atoms with Crippen molar-refractivity contribution >= 4 is 23.9 Å². The minimum absolute atomic E-state index is 0.171. The lowest BCUT2D eigenvalue weighted by Crippen LogP contribution is -2.51. The van der Waals surface area contributed by atoms with E-state index in [-0.39, 0.29) is 12.6 Å². The highest BCUT2D eigenvalue weighted by Gasteiger charge is 2.49. The quantitative estimate of drug-likeness (QED) is 0.782. The number of oxime groups is 1. The van der Waals surface area contributed by atoms with Gasteiger partial charge in [-0.15, -0.1) is 0 Å². The molecule has 0 aromatic heterocycles.